The van der Waals surface area contributed by atoms with Gasteiger partial charge in [-0.05, 0) is 49.1 Å². The molecule has 1 nitrogen and oxygen atoms in total. The Balaban J connectivity index is 2.05. The van der Waals surface area contributed by atoms with Crippen LogP contribution in [0.3, 0.4) is 0 Å². The molecule has 0 aliphatic carbocycles. The molecule has 1 atom stereocenters. The van der Waals surface area contributed by atoms with E-state index in [9.17, 15) is 0 Å². The summed E-state index contributed by atoms with van der Waals surface area (Å²) in [7, 11) is 0. The van der Waals surface area contributed by atoms with Crippen molar-refractivity contribution >= 4 is 28.9 Å². The minimum absolute atomic E-state index is 0.182. The zero-order chi connectivity index (χ0) is 15.2. The van der Waals surface area contributed by atoms with Gasteiger partial charge in [0.1, 0.15) is 0 Å². The van der Waals surface area contributed by atoms with E-state index in [0.717, 1.165) is 12.1 Å². The van der Waals surface area contributed by atoms with Gasteiger partial charge in [0.15, 0.2) is 0 Å². The SMILES string of the molecule is CCCCc1ccc(C(C)Nc2cc(Cl)ccc2Cl)cc1. The van der Waals surface area contributed by atoms with E-state index in [-0.39, 0.29) is 6.04 Å². The minimum Gasteiger partial charge on any atom is -0.377 e. The molecule has 1 unspecified atom stereocenters. The highest BCUT2D eigenvalue weighted by atomic mass is 35.5. The van der Waals surface area contributed by atoms with Gasteiger partial charge < -0.3 is 5.32 Å². The Hall–Kier alpha value is -1.18. The lowest BCUT2D eigenvalue weighted by Gasteiger charge is -2.17. The van der Waals surface area contributed by atoms with E-state index in [1.165, 1.54) is 24.0 Å². The molecule has 0 amide bonds. The number of hydrogen-bond acceptors (Lipinski definition) is 1. The molecule has 0 bridgehead atoms. The van der Waals surface area contributed by atoms with Crippen LogP contribution >= 0.6 is 23.2 Å². The summed E-state index contributed by atoms with van der Waals surface area (Å²) in [4.78, 5) is 0. The maximum Gasteiger partial charge on any atom is 0.0638 e. The lowest BCUT2D eigenvalue weighted by molar-refractivity contribution is 0.793. The molecule has 0 fully saturated rings. The van der Waals surface area contributed by atoms with Crippen LogP contribution in [0.1, 0.15) is 43.9 Å². The highest BCUT2D eigenvalue weighted by Crippen LogP contribution is 2.29. The van der Waals surface area contributed by atoms with Crippen LogP contribution in [0.4, 0.5) is 5.69 Å². The molecule has 2 aromatic carbocycles. The molecule has 0 radical (unpaired) electrons. The van der Waals surface area contributed by atoms with E-state index >= 15 is 0 Å². The van der Waals surface area contributed by atoms with Crippen LogP contribution in [-0.2, 0) is 6.42 Å². The molecule has 1 N–H and O–H groups in total. The number of hydrogen-bond donors (Lipinski definition) is 1. The van der Waals surface area contributed by atoms with Crippen molar-refractivity contribution in [2.75, 3.05) is 5.32 Å². The van der Waals surface area contributed by atoms with E-state index < -0.39 is 0 Å². The quantitative estimate of drug-likeness (QED) is 0.639. The molecule has 0 spiro atoms. The molecular formula is C18H21Cl2N. The molecule has 0 heterocycles. The summed E-state index contributed by atoms with van der Waals surface area (Å²) in [6.07, 6.45) is 3.62. The van der Waals surface area contributed by atoms with E-state index in [1.54, 1.807) is 6.07 Å². The van der Waals surface area contributed by atoms with Crippen molar-refractivity contribution in [3.8, 4) is 0 Å². The van der Waals surface area contributed by atoms with Gasteiger partial charge in [-0.3, -0.25) is 0 Å². The van der Waals surface area contributed by atoms with Crippen molar-refractivity contribution in [2.24, 2.45) is 0 Å². The summed E-state index contributed by atoms with van der Waals surface area (Å²) >= 11 is 12.2. The summed E-state index contributed by atoms with van der Waals surface area (Å²) in [5, 5.41) is 4.78. The Labute approximate surface area is 137 Å². The lowest BCUT2D eigenvalue weighted by atomic mass is 10.0. The van der Waals surface area contributed by atoms with Crippen LogP contribution in [0.5, 0.6) is 0 Å². The summed E-state index contributed by atoms with van der Waals surface area (Å²) in [5.74, 6) is 0. The van der Waals surface area contributed by atoms with Gasteiger partial charge in [-0.2, -0.15) is 0 Å². The summed E-state index contributed by atoms with van der Waals surface area (Å²) < 4.78 is 0. The van der Waals surface area contributed by atoms with Crippen molar-refractivity contribution in [3.63, 3.8) is 0 Å². The second-order valence-electron chi connectivity index (χ2n) is 5.34. The molecule has 21 heavy (non-hydrogen) atoms. The minimum atomic E-state index is 0.182. The van der Waals surface area contributed by atoms with Gasteiger partial charge in [-0.15, -0.1) is 0 Å². The number of nitrogens with one attached hydrogen (secondary N) is 1. The van der Waals surface area contributed by atoms with Crippen molar-refractivity contribution in [2.45, 2.75) is 39.2 Å². The predicted octanol–water partition coefficient (Wildman–Crippen LogP) is 6.51. The summed E-state index contributed by atoms with van der Waals surface area (Å²) in [6.45, 7) is 4.34. The molecular weight excluding hydrogens is 301 g/mol. The molecule has 2 aromatic rings. The maximum absolute atomic E-state index is 6.19. The third-order valence-electron chi connectivity index (χ3n) is 3.60. The number of benzene rings is 2. The van der Waals surface area contributed by atoms with Crippen LogP contribution in [0.15, 0.2) is 42.5 Å². The van der Waals surface area contributed by atoms with E-state index in [2.05, 4.69) is 43.4 Å². The molecule has 2 rings (SSSR count). The van der Waals surface area contributed by atoms with Crippen LogP contribution in [0, 0.1) is 0 Å². The second kappa shape index (κ2) is 7.72. The molecule has 0 saturated heterocycles. The summed E-state index contributed by atoms with van der Waals surface area (Å²) in [6, 6.07) is 14.4. The van der Waals surface area contributed by atoms with E-state index in [0.29, 0.717) is 10.0 Å². The first-order valence-corrected chi connectivity index (χ1v) is 8.16. The van der Waals surface area contributed by atoms with Gasteiger partial charge >= 0.3 is 0 Å². The topological polar surface area (TPSA) is 12.0 Å². The molecule has 0 aliphatic rings. The number of anilines is 1. The fourth-order valence-corrected chi connectivity index (χ4v) is 2.62. The monoisotopic (exact) mass is 321 g/mol. The van der Waals surface area contributed by atoms with Crippen LogP contribution in [0.25, 0.3) is 0 Å². The maximum atomic E-state index is 6.19. The first-order chi connectivity index (χ1) is 10.1. The Bertz CT molecular complexity index is 578. The summed E-state index contributed by atoms with van der Waals surface area (Å²) in [5.41, 5.74) is 3.51. The lowest BCUT2D eigenvalue weighted by Crippen LogP contribution is -2.07. The average molecular weight is 322 g/mol. The van der Waals surface area contributed by atoms with Crippen LogP contribution < -0.4 is 5.32 Å². The van der Waals surface area contributed by atoms with Gasteiger partial charge in [0, 0.05) is 11.1 Å². The Morgan fingerprint density at radius 2 is 1.76 bits per heavy atom. The van der Waals surface area contributed by atoms with E-state index in [4.69, 9.17) is 23.2 Å². The Morgan fingerprint density at radius 1 is 1.05 bits per heavy atom. The van der Waals surface area contributed by atoms with Crippen molar-refractivity contribution < 1.29 is 0 Å². The first-order valence-electron chi connectivity index (χ1n) is 7.40. The predicted molar refractivity (Wildman–Crippen MR) is 93.6 cm³/mol. The van der Waals surface area contributed by atoms with Gasteiger partial charge in [0.25, 0.3) is 0 Å². The average Bonchev–Trinajstić information content (AvgIpc) is 2.49. The third-order valence-corrected chi connectivity index (χ3v) is 4.16. The van der Waals surface area contributed by atoms with Gasteiger partial charge in [-0.1, -0.05) is 60.8 Å². The zero-order valence-electron chi connectivity index (χ0n) is 12.5. The molecule has 112 valence electrons. The van der Waals surface area contributed by atoms with Crippen molar-refractivity contribution in [3.05, 3.63) is 63.6 Å². The van der Waals surface area contributed by atoms with Gasteiger partial charge in [0.05, 0.1) is 10.7 Å². The van der Waals surface area contributed by atoms with Crippen molar-refractivity contribution in [1.29, 1.82) is 0 Å². The Kier molecular flexibility index (Phi) is 5.96. The largest absolute Gasteiger partial charge is 0.377 e. The molecule has 0 saturated carbocycles. The second-order valence-corrected chi connectivity index (χ2v) is 6.18. The normalized spacial score (nSPS) is 12.2. The van der Waals surface area contributed by atoms with Crippen molar-refractivity contribution in [1.82, 2.24) is 0 Å². The standard InChI is InChI=1S/C18H21Cl2N/c1-3-4-5-14-6-8-15(9-7-14)13(2)21-18-12-16(19)10-11-17(18)20/h6-13,21H,3-5H2,1-2H3. The zero-order valence-corrected chi connectivity index (χ0v) is 14.0. The van der Waals surface area contributed by atoms with Gasteiger partial charge in [0.2, 0.25) is 0 Å². The first kappa shape index (κ1) is 16.2. The smallest absolute Gasteiger partial charge is 0.0638 e. The number of unbranched alkanes of at least 4 members (excludes halogenated alkanes) is 1. The van der Waals surface area contributed by atoms with E-state index in [1.807, 2.05) is 12.1 Å². The number of rotatable bonds is 6. The molecule has 3 heteroatoms. The Morgan fingerprint density at radius 3 is 2.43 bits per heavy atom. The number of halogens is 2. The number of aryl methyl sites for hydroxylation is 1. The fraction of sp³-hybridized carbons (Fsp3) is 0.333. The molecule has 0 aliphatic heterocycles. The van der Waals surface area contributed by atoms with Crippen LogP contribution in [0.2, 0.25) is 10.0 Å². The third kappa shape index (κ3) is 4.66. The van der Waals surface area contributed by atoms with Crippen LogP contribution in [-0.4, -0.2) is 0 Å². The highest BCUT2D eigenvalue weighted by molar-refractivity contribution is 6.35. The molecule has 0 aromatic heterocycles. The fourth-order valence-electron chi connectivity index (χ4n) is 2.28. The highest BCUT2D eigenvalue weighted by Gasteiger charge is 2.08. The van der Waals surface area contributed by atoms with Gasteiger partial charge in [-0.25, -0.2) is 0 Å².